The summed E-state index contributed by atoms with van der Waals surface area (Å²) in [7, 11) is -2.90. The molecule has 2 unspecified atom stereocenters. The van der Waals surface area contributed by atoms with Gasteiger partial charge in [0.25, 0.3) is 0 Å². The number of sulfone groups is 1. The molecule has 0 radical (unpaired) electrons. The van der Waals surface area contributed by atoms with Crippen molar-refractivity contribution in [1.82, 2.24) is 0 Å². The van der Waals surface area contributed by atoms with E-state index < -0.39 is 9.84 Å². The van der Waals surface area contributed by atoms with Crippen molar-refractivity contribution < 1.29 is 8.42 Å². The van der Waals surface area contributed by atoms with E-state index in [9.17, 15) is 8.42 Å². The van der Waals surface area contributed by atoms with Crippen molar-refractivity contribution in [2.75, 3.05) is 12.0 Å². The van der Waals surface area contributed by atoms with Crippen molar-refractivity contribution in [3.8, 4) is 0 Å². The van der Waals surface area contributed by atoms with Gasteiger partial charge in [0.1, 0.15) is 9.84 Å². The number of fused-ring (bicyclic) bond motifs is 1. The van der Waals surface area contributed by atoms with Gasteiger partial charge in [0, 0.05) is 17.5 Å². The van der Waals surface area contributed by atoms with Gasteiger partial charge in [0.2, 0.25) is 0 Å². The number of hydrogen-bond donors (Lipinski definition) is 1. The Bertz CT molecular complexity index is 553. The zero-order valence-corrected chi connectivity index (χ0v) is 12.5. The van der Waals surface area contributed by atoms with Crippen LogP contribution >= 0.6 is 0 Å². The summed E-state index contributed by atoms with van der Waals surface area (Å²) in [5.41, 5.74) is 8.75. The minimum atomic E-state index is -2.90. The van der Waals surface area contributed by atoms with E-state index in [1.807, 2.05) is 6.07 Å². The minimum absolute atomic E-state index is 0.226. The molecule has 0 aromatic heterocycles. The Hall–Kier alpha value is -0.870. The summed E-state index contributed by atoms with van der Waals surface area (Å²) in [6.07, 6.45) is 4.68. The summed E-state index contributed by atoms with van der Waals surface area (Å²) in [6.45, 7) is 2.23. The molecule has 0 amide bonds. The van der Waals surface area contributed by atoms with E-state index in [1.54, 1.807) is 0 Å². The van der Waals surface area contributed by atoms with Gasteiger partial charge in [-0.2, -0.15) is 0 Å². The van der Waals surface area contributed by atoms with Crippen molar-refractivity contribution in [1.29, 1.82) is 0 Å². The first-order chi connectivity index (χ1) is 8.82. The Morgan fingerprint density at radius 2 is 2.05 bits per heavy atom. The SMILES string of the molecule is CC1CCC(N)(CCCS(C)(=O)=O)c2ccccc21. The first-order valence-corrected chi connectivity index (χ1v) is 8.94. The van der Waals surface area contributed by atoms with Gasteiger partial charge in [-0.3, -0.25) is 0 Å². The molecule has 0 fully saturated rings. The Balaban J connectivity index is 2.18. The topological polar surface area (TPSA) is 60.2 Å². The highest BCUT2D eigenvalue weighted by atomic mass is 32.2. The maximum absolute atomic E-state index is 11.2. The van der Waals surface area contributed by atoms with Gasteiger partial charge in [-0.05, 0) is 42.7 Å². The molecule has 1 aromatic carbocycles. The Morgan fingerprint density at radius 1 is 1.37 bits per heavy atom. The molecule has 0 saturated carbocycles. The van der Waals surface area contributed by atoms with Gasteiger partial charge < -0.3 is 5.73 Å². The molecule has 1 aromatic rings. The van der Waals surface area contributed by atoms with E-state index in [0.717, 1.165) is 19.3 Å². The first kappa shape index (κ1) is 14.5. The van der Waals surface area contributed by atoms with E-state index >= 15 is 0 Å². The van der Waals surface area contributed by atoms with Crippen LogP contribution in [0.25, 0.3) is 0 Å². The summed E-state index contributed by atoms with van der Waals surface area (Å²) in [4.78, 5) is 0. The number of nitrogens with two attached hydrogens (primary N) is 1. The smallest absolute Gasteiger partial charge is 0.147 e. The van der Waals surface area contributed by atoms with Crippen LogP contribution in [0.2, 0.25) is 0 Å². The quantitative estimate of drug-likeness (QED) is 0.922. The molecule has 1 aliphatic carbocycles. The van der Waals surface area contributed by atoms with Crippen LogP contribution in [0.3, 0.4) is 0 Å². The summed E-state index contributed by atoms with van der Waals surface area (Å²) in [5, 5.41) is 0. The average molecular weight is 281 g/mol. The van der Waals surface area contributed by atoms with E-state index in [1.165, 1.54) is 17.4 Å². The monoisotopic (exact) mass is 281 g/mol. The Morgan fingerprint density at radius 3 is 2.74 bits per heavy atom. The maximum atomic E-state index is 11.2. The Kier molecular flexibility index (Phi) is 4.02. The molecule has 0 heterocycles. The zero-order chi connectivity index (χ0) is 14.1. The molecule has 2 N–H and O–H groups in total. The van der Waals surface area contributed by atoms with Gasteiger partial charge >= 0.3 is 0 Å². The number of benzene rings is 1. The number of hydrogen-bond acceptors (Lipinski definition) is 3. The average Bonchev–Trinajstić information content (AvgIpc) is 2.33. The lowest BCUT2D eigenvalue weighted by molar-refractivity contribution is 0.326. The fourth-order valence-electron chi connectivity index (χ4n) is 3.05. The van der Waals surface area contributed by atoms with Crippen LogP contribution in [-0.2, 0) is 15.4 Å². The molecule has 3 nitrogen and oxygen atoms in total. The normalized spacial score (nSPS) is 27.0. The van der Waals surface area contributed by atoms with Gasteiger partial charge in [-0.15, -0.1) is 0 Å². The second-order valence-corrected chi connectivity index (χ2v) is 8.18. The molecule has 0 bridgehead atoms. The largest absolute Gasteiger partial charge is 0.321 e. The van der Waals surface area contributed by atoms with Crippen molar-refractivity contribution in [2.24, 2.45) is 5.73 Å². The summed E-state index contributed by atoms with van der Waals surface area (Å²) < 4.78 is 22.5. The predicted octanol–water partition coefficient (Wildman–Crippen LogP) is 2.56. The molecule has 1 aliphatic rings. The van der Waals surface area contributed by atoms with Gasteiger partial charge in [-0.25, -0.2) is 8.42 Å². The van der Waals surface area contributed by atoms with Crippen LogP contribution in [0.1, 0.15) is 49.7 Å². The standard InChI is InChI=1S/C15H23NO2S/c1-12-8-10-15(16,9-5-11-19(2,17)18)14-7-4-3-6-13(12)14/h3-4,6-7,12H,5,8-11,16H2,1-2H3. The fraction of sp³-hybridized carbons (Fsp3) is 0.600. The van der Waals surface area contributed by atoms with Crippen LogP contribution in [0.4, 0.5) is 0 Å². The highest BCUT2D eigenvalue weighted by molar-refractivity contribution is 7.90. The van der Waals surface area contributed by atoms with Crippen molar-refractivity contribution in [2.45, 2.75) is 44.1 Å². The maximum Gasteiger partial charge on any atom is 0.147 e. The summed E-state index contributed by atoms with van der Waals surface area (Å²) in [6, 6.07) is 8.33. The lowest BCUT2D eigenvalue weighted by Gasteiger charge is -2.38. The first-order valence-electron chi connectivity index (χ1n) is 6.88. The van der Waals surface area contributed by atoms with E-state index in [4.69, 9.17) is 5.73 Å². The zero-order valence-electron chi connectivity index (χ0n) is 11.7. The number of rotatable bonds is 4. The van der Waals surface area contributed by atoms with Crippen molar-refractivity contribution >= 4 is 9.84 Å². The van der Waals surface area contributed by atoms with E-state index in [2.05, 4.69) is 25.1 Å². The molecular formula is C15H23NO2S. The third-order valence-corrected chi connectivity index (χ3v) is 5.22. The Labute approximate surface area is 116 Å². The second kappa shape index (κ2) is 5.25. The lowest BCUT2D eigenvalue weighted by atomic mass is 9.71. The molecule has 2 atom stereocenters. The van der Waals surface area contributed by atoms with Gasteiger partial charge in [-0.1, -0.05) is 31.2 Å². The van der Waals surface area contributed by atoms with Crippen LogP contribution in [0.5, 0.6) is 0 Å². The van der Waals surface area contributed by atoms with Crippen molar-refractivity contribution in [3.63, 3.8) is 0 Å². The molecule has 4 heteroatoms. The van der Waals surface area contributed by atoms with Crippen molar-refractivity contribution in [3.05, 3.63) is 35.4 Å². The van der Waals surface area contributed by atoms with Crippen LogP contribution in [0.15, 0.2) is 24.3 Å². The molecule has 0 saturated heterocycles. The molecular weight excluding hydrogens is 258 g/mol. The third-order valence-electron chi connectivity index (χ3n) is 4.19. The highest BCUT2D eigenvalue weighted by Gasteiger charge is 2.34. The van der Waals surface area contributed by atoms with Gasteiger partial charge in [0.15, 0.2) is 0 Å². The third kappa shape index (κ3) is 3.37. The molecule has 2 rings (SSSR count). The van der Waals surface area contributed by atoms with E-state index in [0.29, 0.717) is 12.3 Å². The molecule has 106 valence electrons. The molecule has 19 heavy (non-hydrogen) atoms. The molecule has 0 aliphatic heterocycles. The highest BCUT2D eigenvalue weighted by Crippen LogP contribution is 2.41. The van der Waals surface area contributed by atoms with Crippen LogP contribution < -0.4 is 5.73 Å². The van der Waals surface area contributed by atoms with Crippen LogP contribution in [0, 0.1) is 0 Å². The second-order valence-electron chi connectivity index (χ2n) is 5.92. The molecule has 0 spiro atoms. The predicted molar refractivity (Wildman–Crippen MR) is 78.9 cm³/mol. The minimum Gasteiger partial charge on any atom is -0.321 e. The van der Waals surface area contributed by atoms with Crippen LogP contribution in [-0.4, -0.2) is 20.4 Å². The van der Waals surface area contributed by atoms with E-state index in [-0.39, 0.29) is 11.3 Å². The lowest BCUT2D eigenvalue weighted by Crippen LogP contribution is -2.41. The summed E-state index contributed by atoms with van der Waals surface area (Å²) in [5.74, 6) is 0.770. The fourth-order valence-corrected chi connectivity index (χ4v) is 3.72. The summed E-state index contributed by atoms with van der Waals surface area (Å²) >= 11 is 0. The van der Waals surface area contributed by atoms with Gasteiger partial charge in [0.05, 0.1) is 0 Å².